The Bertz CT molecular complexity index is 394. The highest BCUT2D eigenvalue weighted by atomic mass is 127. The largest absolute Gasteiger partial charge is 0.128 e. The number of thiophene rings is 1. The molecule has 0 unspecified atom stereocenters. The predicted octanol–water partition coefficient (Wildman–Crippen LogP) is 4.16. The van der Waals surface area contributed by atoms with E-state index >= 15 is 0 Å². The number of benzene rings is 1. The predicted molar refractivity (Wildman–Crippen MR) is 59.6 cm³/mol. The molecule has 56 valence electrons. The molecule has 0 bridgehead atoms. The van der Waals surface area contributed by atoms with Crippen LogP contribution >= 0.6 is 45.5 Å². The van der Waals surface area contributed by atoms with Crippen molar-refractivity contribution >= 4 is 55.6 Å². The van der Waals surface area contributed by atoms with E-state index in [0.29, 0.717) is 0 Å². The molecule has 11 heavy (non-hydrogen) atoms. The van der Waals surface area contributed by atoms with Gasteiger partial charge in [-0.3, -0.25) is 0 Å². The fourth-order valence-electron chi connectivity index (χ4n) is 0.984. The van der Waals surface area contributed by atoms with Gasteiger partial charge in [0, 0.05) is 10.1 Å². The van der Waals surface area contributed by atoms with E-state index in [1.807, 2.05) is 12.1 Å². The summed E-state index contributed by atoms with van der Waals surface area (Å²) in [5.41, 5.74) is 0. The third-order valence-electron chi connectivity index (χ3n) is 1.50. The van der Waals surface area contributed by atoms with E-state index in [-0.39, 0.29) is 0 Å². The molecule has 1 aromatic heterocycles. The molecule has 2 aromatic rings. The van der Waals surface area contributed by atoms with Crippen molar-refractivity contribution < 1.29 is 0 Å². The Morgan fingerprint density at radius 2 is 2.00 bits per heavy atom. The van der Waals surface area contributed by atoms with E-state index < -0.39 is 0 Å². The first-order chi connectivity index (χ1) is 5.29. The van der Waals surface area contributed by atoms with Crippen LogP contribution in [0.4, 0.5) is 0 Å². The maximum atomic E-state index is 6.04. The van der Waals surface area contributed by atoms with E-state index in [0.717, 1.165) is 5.02 Å². The Labute approximate surface area is 87.3 Å². The van der Waals surface area contributed by atoms with E-state index in [1.54, 1.807) is 11.3 Å². The molecule has 0 radical (unpaired) electrons. The average Bonchev–Trinajstić information content (AvgIpc) is 2.30. The van der Waals surface area contributed by atoms with Gasteiger partial charge in [0.25, 0.3) is 0 Å². The van der Waals surface area contributed by atoms with Gasteiger partial charge >= 0.3 is 0 Å². The van der Waals surface area contributed by atoms with Crippen molar-refractivity contribution in [1.82, 2.24) is 0 Å². The summed E-state index contributed by atoms with van der Waals surface area (Å²) in [7, 11) is 0. The van der Waals surface area contributed by atoms with Gasteiger partial charge in [0.1, 0.15) is 0 Å². The molecule has 3 heteroatoms. The Hall–Kier alpha value is 0.200. The van der Waals surface area contributed by atoms with Crippen LogP contribution in [0.5, 0.6) is 0 Å². The van der Waals surface area contributed by atoms with Crippen LogP contribution in [0.15, 0.2) is 24.3 Å². The zero-order valence-electron chi connectivity index (χ0n) is 5.47. The Balaban J connectivity index is 2.92. The summed E-state index contributed by atoms with van der Waals surface area (Å²) in [6.07, 6.45) is 0. The van der Waals surface area contributed by atoms with Crippen LogP contribution in [0.2, 0.25) is 5.02 Å². The SMILES string of the molecule is Clc1c(I)sc2ccccc12. The maximum absolute atomic E-state index is 6.04. The summed E-state index contributed by atoms with van der Waals surface area (Å²) in [5.74, 6) is 0. The van der Waals surface area contributed by atoms with Crippen molar-refractivity contribution in [1.29, 1.82) is 0 Å². The zero-order chi connectivity index (χ0) is 7.84. The topological polar surface area (TPSA) is 0 Å². The van der Waals surface area contributed by atoms with E-state index in [2.05, 4.69) is 34.7 Å². The van der Waals surface area contributed by atoms with E-state index in [4.69, 9.17) is 11.6 Å². The molecule has 0 N–H and O–H groups in total. The minimum absolute atomic E-state index is 0.895. The summed E-state index contributed by atoms with van der Waals surface area (Å²) in [6.45, 7) is 0. The molecule has 0 fully saturated rings. The van der Waals surface area contributed by atoms with Gasteiger partial charge in [-0.1, -0.05) is 29.8 Å². The first kappa shape index (κ1) is 7.83. The quantitative estimate of drug-likeness (QED) is 0.640. The summed E-state index contributed by atoms with van der Waals surface area (Å²) in [6, 6.07) is 8.19. The fraction of sp³-hybridized carbons (Fsp3) is 0. The van der Waals surface area contributed by atoms with Gasteiger partial charge in [-0.15, -0.1) is 11.3 Å². The van der Waals surface area contributed by atoms with Crippen LogP contribution < -0.4 is 0 Å². The number of hydrogen-bond donors (Lipinski definition) is 0. The maximum Gasteiger partial charge on any atom is 0.0852 e. The van der Waals surface area contributed by atoms with Gasteiger partial charge in [-0.05, 0) is 28.7 Å². The number of fused-ring (bicyclic) bond motifs is 1. The lowest BCUT2D eigenvalue weighted by Gasteiger charge is -1.85. The molecular weight excluding hydrogens is 291 g/mol. The Morgan fingerprint density at radius 3 is 2.73 bits per heavy atom. The second kappa shape index (κ2) is 2.92. The third-order valence-corrected chi connectivity index (χ3v) is 4.48. The van der Waals surface area contributed by atoms with Crippen molar-refractivity contribution in [2.75, 3.05) is 0 Å². The van der Waals surface area contributed by atoms with Crippen molar-refractivity contribution in [3.8, 4) is 0 Å². The van der Waals surface area contributed by atoms with Crippen molar-refractivity contribution in [2.45, 2.75) is 0 Å². The highest BCUT2D eigenvalue weighted by molar-refractivity contribution is 14.1. The third kappa shape index (κ3) is 1.27. The lowest BCUT2D eigenvalue weighted by molar-refractivity contribution is 1.85. The average molecular weight is 295 g/mol. The van der Waals surface area contributed by atoms with Crippen LogP contribution in [0.3, 0.4) is 0 Å². The molecular formula is C8H4ClIS. The molecule has 0 spiro atoms. The minimum atomic E-state index is 0.895. The van der Waals surface area contributed by atoms with Crippen molar-refractivity contribution in [3.63, 3.8) is 0 Å². The van der Waals surface area contributed by atoms with Crippen LogP contribution in [0.1, 0.15) is 0 Å². The number of hydrogen-bond acceptors (Lipinski definition) is 1. The number of halogens is 2. The number of rotatable bonds is 0. The van der Waals surface area contributed by atoms with Gasteiger partial charge in [-0.2, -0.15) is 0 Å². The molecule has 0 amide bonds. The van der Waals surface area contributed by atoms with Crippen molar-refractivity contribution in [2.24, 2.45) is 0 Å². The lowest BCUT2D eigenvalue weighted by Crippen LogP contribution is -1.61. The lowest BCUT2D eigenvalue weighted by atomic mass is 10.3. The van der Waals surface area contributed by atoms with E-state index in [1.165, 1.54) is 13.0 Å². The van der Waals surface area contributed by atoms with Crippen LogP contribution in [-0.4, -0.2) is 0 Å². The smallest absolute Gasteiger partial charge is 0.0852 e. The minimum Gasteiger partial charge on any atom is -0.128 e. The summed E-state index contributed by atoms with van der Waals surface area (Å²) >= 11 is 10.0. The fourth-order valence-corrected chi connectivity index (χ4v) is 3.14. The second-order valence-electron chi connectivity index (χ2n) is 2.19. The van der Waals surface area contributed by atoms with Crippen molar-refractivity contribution in [3.05, 3.63) is 32.2 Å². The summed E-state index contributed by atoms with van der Waals surface area (Å²) in [4.78, 5) is 0. The molecule has 0 saturated heterocycles. The zero-order valence-corrected chi connectivity index (χ0v) is 9.20. The molecule has 1 heterocycles. The highest BCUT2D eigenvalue weighted by Gasteiger charge is 2.05. The normalized spacial score (nSPS) is 10.7. The second-order valence-corrected chi connectivity index (χ2v) is 5.43. The first-order valence-electron chi connectivity index (χ1n) is 3.11. The first-order valence-corrected chi connectivity index (χ1v) is 5.39. The molecule has 0 atom stereocenters. The molecule has 0 aliphatic rings. The van der Waals surface area contributed by atoms with Gasteiger partial charge in [0.2, 0.25) is 0 Å². The monoisotopic (exact) mass is 294 g/mol. The molecule has 2 rings (SSSR count). The standard InChI is InChI=1S/C8H4ClIS/c9-7-5-3-1-2-4-6(5)11-8(7)10/h1-4H. The Morgan fingerprint density at radius 1 is 1.27 bits per heavy atom. The molecule has 0 nitrogen and oxygen atoms in total. The highest BCUT2D eigenvalue weighted by Crippen LogP contribution is 2.35. The summed E-state index contributed by atoms with van der Waals surface area (Å²) < 4.78 is 2.44. The molecule has 0 aliphatic heterocycles. The van der Waals surface area contributed by atoms with Gasteiger partial charge in [0.15, 0.2) is 0 Å². The molecule has 0 saturated carbocycles. The van der Waals surface area contributed by atoms with Gasteiger partial charge in [-0.25, -0.2) is 0 Å². The summed E-state index contributed by atoms with van der Waals surface area (Å²) in [5, 5.41) is 2.06. The molecule has 0 aliphatic carbocycles. The van der Waals surface area contributed by atoms with Gasteiger partial charge in [0.05, 0.1) is 7.91 Å². The van der Waals surface area contributed by atoms with E-state index in [9.17, 15) is 0 Å². The Kier molecular flexibility index (Phi) is 2.08. The van der Waals surface area contributed by atoms with Gasteiger partial charge < -0.3 is 0 Å². The molecule has 1 aromatic carbocycles. The van der Waals surface area contributed by atoms with Crippen LogP contribution in [0, 0.1) is 2.88 Å². The van der Waals surface area contributed by atoms with Crippen LogP contribution in [0.25, 0.3) is 10.1 Å². The van der Waals surface area contributed by atoms with Crippen LogP contribution in [-0.2, 0) is 0 Å².